The molecule has 130 valence electrons. The summed E-state index contributed by atoms with van der Waals surface area (Å²) in [5.74, 6) is 0.923. The Morgan fingerprint density at radius 1 is 1.42 bits per heavy atom. The van der Waals surface area contributed by atoms with Gasteiger partial charge >= 0.3 is 0 Å². The molecule has 1 fully saturated rings. The van der Waals surface area contributed by atoms with Crippen molar-refractivity contribution < 1.29 is 14.4 Å². The summed E-state index contributed by atoms with van der Waals surface area (Å²) in [6, 6.07) is 5.56. The van der Waals surface area contributed by atoms with E-state index in [1.807, 2.05) is 17.5 Å². The number of rotatable bonds is 9. The first-order valence-corrected chi connectivity index (χ1v) is 9.26. The number of aliphatic hydroxyl groups excluding tert-OH is 1. The molecule has 0 saturated carbocycles. The molecule has 0 spiro atoms. The number of hydrogen-bond acceptors (Lipinski definition) is 6. The van der Waals surface area contributed by atoms with Crippen LogP contribution in [0.5, 0.6) is 0 Å². The first-order chi connectivity index (χ1) is 11.8. The summed E-state index contributed by atoms with van der Waals surface area (Å²) in [5.41, 5.74) is 0.328. The first-order valence-electron chi connectivity index (χ1n) is 8.38. The van der Waals surface area contributed by atoms with Crippen molar-refractivity contribution in [1.29, 1.82) is 0 Å². The van der Waals surface area contributed by atoms with Crippen LogP contribution >= 0.6 is 11.3 Å². The summed E-state index contributed by atoms with van der Waals surface area (Å²) in [6.07, 6.45) is 3.17. The SMILES string of the molecule is O=C(NCCCCCN1CC(CO)C1)c1cc(-c2cccs2)on1. The molecular formula is C17H23N3O3S. The van der Waals surface area contributed by atoms with Gasteiger partial charge in [0.15, 0.2) is 11.5 Å². The summed E-state index contributed by atoms with van der Waals surface area (Å²) < 4.78 is 5.21. The molecule has 2 aromatic heterocycles. The molecule has 7 heteroatoms. The number of amides is 1. The van der Waals surface area contributed by atoms with Gasteiger partial charge in [-0.25, -0.2) is 0 Å². The predicted molar refractivity (Wildman–Crippen MR) is 93.0 cm³/mol. The van der Waals surface area contributed by atoms with Crippen LogP contribution in [-0.4, -0.2) is 53.9 Å². The Morgan fingerprint density at radius 3 is 3.04 bits per heavy atom. The van der Waals surface area contributed by atoms with E-state index >= 15 is 0 Å². The van der Waals surface area contributed by atoms with E-state index < -0.39 is 0 Å². The zero-order valence-electron chi connectivity index (χ0n) is 13.6. The summed E-state index contributed by atoms with van der Waals surface area (Å²) in [4.78, 5) is 15.4. The number of nitrogens with one attached hydrogen (secondary N) is 1. The fourth-order valence-corrected chi connectivity index (χ4v) is 3.49. The van der Waals surface area contributed by atoms with Gasteiger partial charge in [-0.15, -0.1) is 11.3 Å². The van der Waals surface area contributed by atoms with Crippen molar-refractivity contribution in [1.82, 2.24) is 15.4 Å². The Bertz CT molecular complexity index is 635. The molecule has 1 aliphatic heterocycles. The van der Waals surface area contributed by atoms with E-state index in [9.17, 15) is 4.79 Å². The van der Waals surface area contributed by atoms with Crippen LogP contribution in [0.2, 0.25) is 0 Å². The van der Waals surface area contributed by atoms with E-state index in [2.05, 4.69) is 15.4 Å². The predicted octanol–water partition coefficient (Wildman–Crippen LogP) is 2.23. The lowest BCUT2D eigenvalue weighted by atomic mass is 10.0. The van der Waals surface area contributed by atoms with Gasteiger partial charge in [0.1, 0.15) is 0 Å². The molecular weight excluding hydrogens is 326 g/mol. The van der Waals surface area contributed by atoms with E-state index in [-0.39, 0.29) is 5.91 Å². The second-order valence-corrected chi connectivity index (χ2v) is 7.13. The van der Waals surface area contributed by atoms with Crippen molar-refractivity contribution in [3.8, 4) is 10.6 Å². The van der Waals surface area contributed by atoms with Crippen LogP contribution in [0.4, 0.5) is 0 Å². The summed E-state index contributed by atoms with van der Waals surface area (Å²) >= 11 is 1.56. The Balaban J connectivity index is 1.29. The number of nitrogens with zero attached hydrogens (tertiary/aromatic N) is 2. The van der Waals surface area contributed by atoms with Crippen LogP contribution in [0, 0.1) is 5.92 Å². The van der Waals surface area contributed by atoms with Gasteiger partial charge in [0.2, 0.25) is 0 Å². The van der Waals surface area contributed by atoms with E-state index in [0.717, 1.165) is 43.8 Å². The van der Waals surface area contributed by atoms with Gasteiger partial charge in [-0.05, 0) is 30.8 Å². The first kappa shape index (κ1) is 17.1. The van der Waals surface area contributed by atoms with Crippen LogP contribution < -0.4 is 5.32 Å². The Morgan fingerprint density at radius 2 is 2.29 bits per heavy atom. The minimum Gasteiger partial charge on any atom is -0.396 e. The van der Waals surface area contributed by atoms with Crippen molar-refractivity contribution >= 4 is 17.2 Å². The van der Waals surface area contributed by atoms with Gasteiger partial charge in [-0.1, -0.05) is 17.6 Å². The molecule has 2 N–H and O–H groups in total. The maximum absolute atomic E-state index is 12.0. The highest BCUT2D eigenvalue weighted by Gasteiger charge is 2.24. The quantitative estimate of drug-likeness (QED) is 0.679. The number of carbonyl (C=O) groups excluding carboxylic acids is 1. The van der Waals surface area contributed by atoms with Gasteiger partial charge in [0.05, 0.1) is 4.88 Å². The van der Waals surface area contributed by atoms with Gasteiger partial charge < -0.3 is 19.8 Å². The average molecular weight is 349 g/mol. The Labute approximate surface area is 145 Å². The van der Waals surface area contributed by atoms with Crippen molar-refractivity contribution in [2.24, 2.45) is 5.92 Å². The summed E-state index contributed by atoms with van der Waals surface area (Å²) in [5, 5.41) is 17.7. The van der Waals surface area contributed by atoms with Gasteiger partial charge in [0, 0.05) is 38.2 Å². The topological polar surface area (TPSA) is 78.6 Å². The monoisotopic (exact) mass is 349 g/mol. The smallest absolute Gasteiger partial charge is 0.273 e. The second-order valence-electron chi connectivity index (χ2n) is 6.18. The fraction of sp³-hybridized carbons (Fsp3) is 0.529. The third kappa shape index (κ3) is 4.43. The molecule has 1 saturated heterocycles. The number of aliphatic hydroxyl groups is 1. The Hall–Kier alpha value is -1.70. The van der Waals surface area contributed by atoms with Gasteiger partial charge in [0.25, 0.3) is 5.91 Å². The maximum Gasteiger partial charge on any atom is 0.273 e. The maximum atomic E-state index is 12.0. The highest BCUT2D eigenvalue weighted by molar-refractivity contribution is 7.13. The van der Waals surface area contributed by atoms with Crippen LogP contribution in [-0.2, 0) is 0 Å². The molecule has 1 aliphatic rings. The number of thiophene rings is 1. The minimum atomic E-state index is -0.185. The summed E-state index contributed by atoms with van der Waals surface area (Å²) in [7, 11) is 0. The van der Waals surface area contributed by atoms with Gasteiger partial charge in [-0.2, -0.15) is 0 Å². The molecule has 0 aromatic carbocycles. The van der Waals surface area contributed by atoms with Crippen LogP contribution in [0.3, 0.4) is 0 Å². The van der Waals surface area contributed by atoms with E-state index in [0.29, 0.717) is 30.5 Å². The molecule has 0 atom stereocenters. The van der Waals surface area contributed by atoms with Crippen molar-refractivity contribution in [2.75, 3.05) is 32.8 Å². The minimum absolute atomic E-state index is 0.185. The highest BCUT2D eigenvalue weighted by Crippen LogP contribution is 2.25. The summed E-state index contributed by atoms with van der Waals surface area (Å²) in [6.45, 7) is 4.08. The fourth-order valence-electron chi connectivity index (χ4n) is 2.82. The molecule has 6 nitrogen and oxygen atoms in total. The molecule has 2 aromatic rings. The molecule has 0 unspecified atom stereocenters. The van der Waals surface area contributed by atoms with Crippen molar-refractivity contribution in [3.63, 3.8) is 0 Å². The van der Waals surface area contributed by atoms with E-state index in [4.69, 9.17) is 9.63 Å². The van der Waals surface area contributed by atoms with Crippen LogP contribution in [0.1, 0.15) is 29.8 Å². The van der Waals surface area contributed by atoms with Crippen molar-refractivity contribution in [3.05, 3.63) is 29.3 Å². The van der Waals surface area contributed by atoms with Crippen LogP contribution in [0.25, 0.3) is 10.6 Å². The third-order valence-electron chi connectivity index (χ3n) is 4.23. The average Bonchev–Trinajstić information content (AvgIpc) is 3.22. The second kappa shape index (κ2) is 8.41. The number of likely N-dealkylation sites (tertiary alicyclic amines) is 1. The molecule has 1 amide bonds. The standard InChI is InChI=1S/C17H23N3O3S/c21-12-13-10-20(11-13)7-3-1-2-6-18-17(22)14-9-15(23-19-14)16-5-4-8-24-16/h4-5,8-9,13,21H,1-3,6-7,10-12H2,(H,18,22). The molecule has 0 aliphatic carbocycles. The zero-order chi connectivity index (χ0) is 16.8. The largest absolute Gasteiger partial charge is 0.396 e. The normalized spacial score (nSPS) is 15.4. The lowest BCUT2D eigenvalue weighted by molar-refractivity contribution is 0.0527. The van der Waals surface area contributed by atoms with Crippen LogP contribution in [0.15, 0.2) is 28.1 Å². The number of unbranched alkanes of at least 4 members (excludes halogenated alkanes) is 2. The third-order valence-corrected chi connectivity index (χ3v) is 5.12. The molecule has 3 rings (SSSR count). The molecule has 0 bridgehead atoms. The number of aromatic nitrogens is 1. The Kier molecular flexibility index (Phi) is 6.01. The van der Waals surface area contributed by atoms with Crippen molar-refractivity contribution in [2.45, 2.75) is 19.3 Å². The number of hydrogen-bond donors (Lipinski definition) is 2. The lowest BCUT2D eigenvalue weighted by Gasteiger charge is -2.38. The molecule has 3 heterocycles. The van der Waals surface area contributed by atoms with E-state index in [1.165, 1.54) is 0 Å². The molecule has 24 heavy (non-hydrogen) atoms. The molecule has 0 radical (unpaired) electrons. The zero-order valence-corrected chi connectivity index (χ0v) is 14.4. The lowest BCUT2D eigenvalue weighted by Crippen LogP contribution is -2.48. The van der Waals surface area contributed by atoms with E-state index in [1.54, 1.807) is 17.4 Å². The number of carbonyl (C=O) groups is 1. The highest BCUT2D eigenvalue weighted by atomic mass is 32.1. The van der Waals surface area contributed by atoms with Gasteiger partial charge in [-0.3, -0.25) is 4.79 Å².